The molecule has 1 heterocycles. The van der Waals surface area contributed by atoms with E-state index >= 15 is 0 Å². The van der Waals surface area contributed by atoms with Gasteiger partial charge in [0.25, 0.3) is 0 Å². The summed E-state index contributed by atoms with van der Waals surface area (Å²) in [5.41, 5.74) is -0.0263. The zero-order chi connectivity index (χ0) is 13.3. The number of phenols is 1. The summed E-state index contributed by atoms with van der Waals surface area (Å²) < 4.78 is 11.0. The van der Waals surface area contributed by atoms with Crippen molar-refractivity contribution < 1.29 is 19.7 Å². The molecule has 4 nitrogen and oxygen atoms in total. The number of aromatic hydroxyl groups is 1. The number of phenolic OH excluding ortho intramolecular Hbond substituents is 1. The Morgan fingerprint density at radius 2 is 1.94 bits per heavy atom. The molecule has 1 fully saturated rings. The molecule has 1 aliphatic heterocycles. The van der Waals surface area contributed by atoms with Crippen LogP contribution in [0, 0.1) is 5.41 Å². The maximum Gasteiger partial charge on any atom is 0.187 e. The Kier molecular flexibility index (Phi) is 4.04. The van der Waals surface area contributed by atoms with E-state index in [0.717, 1.165) is 0 Å². The first-order valence-electron chi connectivity index (χ1n) is 5.47. The van der Waals surface area contributed by atoms with Crippen molar-refractivity contribution in [2.75, 3.05) is 19.8 Å². The molecule has 0 spiro atoms. The van der Waals surface area contributed by atoms with Crippen LogP contribution >= 0.6 is 23.2 Å². The van der Waals surface area contributed by atoms with Gasteiger partial charge in [0.1, 0.15) is 5.75 Å². The summed E-state index contributed by atoms with van der Waals surface area (Å²) in [7, 11) is 0. The highest BCUT2D eigenvalue weighted by Crippen LogP contribution is 2.39. The molecule has 2 N–H and O–H groups in total. The monoisotopic (exact) mass is 292 g/mol. The molecule has 0 unspecified atom stereocenters. The quantitative estimate of drug-likeness (QED) is 0.880. The molecule has 1 saturated heterocycles. The zero-order valence-electron chi connectivity index (χ0n) is 9.82. The normalized spacial score (nSPS) is 28.3. The van der Waals surface area contributed by atoms with Crippen LogP contribution in [0.5, 0.6) is 5.75 Å². The van der Waals surface area contributed by atoms with Crippen LogP contribution in [-0.4, -0.2) is 30.0 Å². The number of aliphatic hydroxyl groups is 1. The van der Waals surface area contributed by atoms with Crippen LogP contribution in [0.2, 0.25) is 10.0 Å². The lowest BCUT2D eigenvalue weighted by atomic mass is 9.93. The van der Waals surface area contributed by atoms with Gasteiger partial charge in [-0.1, -0.05) is 30.1 Å². The van der Waals surface area contributed by atoms with E-state index in [1.807, 2.05) is 6.92 Å². The SMILES string of the molecule is CC1(CO)COC(c2cc(Cl)cc(Cl)c2O)OC1. The second kappa shape index (κ2) is 5.23. The molecule has 1 aliphatic rings. The Hall–Kier alpha value is -0.520. The molecular weight excluding hydrogens is 279 g/mol. The Morgan fingerprint density at radius 1 is 1.33 bits per heavy atom. The minimum atomic E-state index is -0.721. The summed E-state index contributed by atoms with van der Waals surface area (Å²) >= 11 is 11.7. The summed E-state index contributed by atoms with van der Waals surface area (Å²) in [4.78, 5) is 0. The van der Waals surface area contributed by atoms with Crippen LogP contribution in [0.25, 0.3) is 0 Å². The highest BCUT2D eigenvalue weighted by Gasteiger charge is 2.34. The fraction of sp³-hybridized carbons (Fsp3) is 0.500. The highest BCUT2D eigenvalue weighted by molar-refractivity contribution is 6.35. The average Bonchev–Trinajstić information content (AvgIpc) is 2.35. The molecule has 0 aromatic heterocycles. The van der Waals surface area contributed by atoms with Crippen LogP contribution in [0.15, 0.2) is 12.1 Å². The Bertz CT molecular complexity index is 442. The predicted molar refractivity (Wildman–Crippen MR) is 68.0 cm³/mol. The first-order valence-corrected chi connectivity index (χ1v) is 6.23. The molecule has 6 heteroatoms. The minimum Gasteiger partial charge on any atom is -0.506 e. The smallest absolute Gasteiger partial charge is 0.187 e. The highest BCUT2D eigenvalue weighted by atomic mass is 35.5. The van der Waals surface area contributed by atoms with Crippen molar-refractivity contribution in [3.63, 3.8) is 0 Å². The van der Waals surface area contributed by atoms with Gasteiger partial charge in [-0.2, -0.15) is 0 Å². The van der Waals surface area contributed by atoms with Gasteiger partial charge in [0, 0.05) is 10.4 Å². The molecule has 1 aromatic carbocycles. The van der Waals surface area contributed by atoms with Crippen molar-refractivity contribution in [1.82, 2.24) is 0 Å². The second-order valence-electron chi connectivity index (χ2n) is 4.75. The average molecular weight is 293 g/mol. The van der Waals surface area contributed by atoms with E-state index in [1.165, 1.54) is 6.07 Å². The van der Waals surface area contributed by atoms with Gasteiger partial charge in [0.05, 0.1) is 30.4 Å². The first-order chi connectivity index (χ1) is 8.45. The van der Waals surface area contributed by atoms with Gasteiger partial charge in [-0.3, -0.25) is 0 Å². The van der Waals surface area contributed by atoms with Crippen molar-refractivity contribution in [1.29, 1.82) is 0 Å². The van der Waals surface area contributed by atoms with E-state index in [1.54, 1.807) is 6.07 Å². The van der Waals surface area contributed by atoms with E-state index < -0.39 is 11.7 Å². The van der Waals surface area contributed by atoms with Gasteiger partial charge in [-0.25, -0.2) is 0 Å². The van der Waals surface area contributed by atoms with Gasteiger partial charge in [-0.15, -0.1) is 0 Å². The number of ether oxygens (including phenoxy) is 2. The number of aliphatic hydroxyl groups excluding tert-OH is 1. The van der Waals surface area contributed by atoms with Crippen LogP contribution in [0.1, 0.15) is 18.8 Å². The first kappa shape index (κ1) is 13.9. The summed E-state index contributed by atoms with van der Waals surface area (Å²) in [6.07, 6.45) is -0.721. The van der Waals surface area contributed by atoms with Gasteiger partial charge in [0.15, 0.2) is 6.29 Å². The molecule has 0 atom stereocenters. The maximum atomic E-state index is 9.86. The molecule has 0 radical (unpaired) electrons. The number of hydrogen-bond acceptors (Lipinski definition) is 4. The molecule has 0 aliphatic carbocycles. The number of halogens is 2. The largest absolute Gasteiger partial charge is 0.506 e. The third-order valence-corrected chi connectivity index (χ3v) is 3.37. The number of rotatable bonds is 2. The van der Waals surface area contributed by atoms with E-state index in [-0.39, 0.29) is 17.4 Å². The lowest BCUT2D eigenvalue weighted by Crippen LogP contribution is -2.39. The summed E-state index contributed by atoms with van der Waals surface area (Å²) in [6.45, 7) is 2.49. The number of hydrogen-bond donors (Lipinski definition) is 2. The van der Waals surface area contributed by atoms with Crippen molar-refractivity contribution in [2.45, 2.75) is 13.2 Å². The summed E-state index contributed by atoms with van der Waals surface area (Å²) in [5.74, 6) is -0.0985. The van der Waals surface area contributed by atoms with Gasteiger partial charge < -0.3 is 19.7 Å². The molecule has 0 amide bonds. The van der Waals surface area contributed by atoms with Crippen LogP contribution < -0.4 is 0 Å². The Morgan fingerprint density at radius 3 is 2.50 bits per heavy atom. The van der Waals surface area contributed by atoms with E-state index in [9.17, 15) is 10.2 Å². The lowest BCUT2D eigenvalue weighted by Gasteiger charge is -2.36. The van der Waals surface area contributed by atoms with Crippen molar-refractivity contribution in [3.8, 4) is 5.75 Å². The second-order valence-corrected chi connectivity index (χ2v) is 5.59. The molecular formula is C12H14Cl2O4. The van der Waals surface area contributed by atoms with Gasteiger partial charge >= 0.3 is 0 Å². The van der Waals surface area contributed by atoms with Crippen LogP contribution in [0.3, 0.4) is 0 Å². The Balaban J connectivity index is 2.20. The number of benzene rings is 1. The lowest BCUT2D eigenvalue weighted by molar-refractivity contribution is -0.237. The fourth-order valence-electron chi connectivity index (χ4n) is 1.68. The van der Waals surface area contributed by atoms with Crippen LogP contribution in [-0.2, 0) is 9.47 Å². The van der Waals surface area contributed by atoms with E-state index in [4.69, 9.17) is 32.7 Å². The topological polar surface area (TPSA) is 58.9 Å². The minimum absolute atomic E-state index is 0.0258. The maximum absolute atomic E-state index is 9.86. The van der Waals surface area contributed by atoms with E-state index in [0.29, 0.717) is 23.8 Å². The Labute approximate surface area is 115 Å². The standard InChI is InChI=1S/C12H14Cl2O4/c1-12(4-15)5-17-11(18-6-12)8-2-7(13)3-9(14)10(8)16/h2-3,11,15-16H,4-6H2,1H3. The molecule has 100 valence electrons. The predicted octanol–water partition coefficient (Wildman–Crippen LogP) is 2.74. The third-order valence-electron chi connectivity index (χ3n) is 2.86. The summed E-state index contributed by atoms with van der Waals surface area (Å²) in [5, 5.41) is 19.6. The fourth-order valence-corrected chi connectivity index (χ4v) is 2.19. The molecule has 18 heavy (non-hydrogen) atoms. The molecule has 0 saturated carbocycles. The molecule has 1 aromatic rings. The summed E-state index contributed by atoms with van der Waals surface area (Å²) in [6, 6.07) is 3.00. The molecule has 2 rings (SSSR count). The van der Waals surface area contributed by atoms with Crippen LogP contribution in [0.4, 0.5) is 0 Å². The van der Waals surface area contributed by atoms with E-state index in [2.05, 4.69) is 0 Å². The third kappa shape index (κ3) is 2.73. The van der Waals surface area contributed by atoms with Gasteiger partial charge in [-0.05, 0) is 12.1 Å². The van der Waals surface area contributed by atoms with Crippen molar-refractivity contribution in [3.05, 3.63) is 27.7 Å². The van der Waals surface area contributed by atoms with Crippen molar-refractivity contribution >= 4 is 23.2 Å². The zero-order valence-corrected chi connectivity index (χ0v) is 11.3. The van der Waals surface area contributed by atoms with Gasteiger partial charge in [0.2, 0.25) is 0 Å². The van der Waals surface area contributed by atoms with Crippen molar-refractivity contribution in [2.24, 2.45) is 5.41 Å². The molecule has 0 bridgehead atoms.